The summed E-state index contributed by atoms with van der Waals surface area (Å²) in [5.41, 5.74) is 0. The van der Waals surface area contributed by atoms with E-state index in [9.17, 15) is 4.79 Å². The zero-order valence-electron chi connectivity index (χ0n) is 7.73. The van der Waals surface area contributed by atoms with Crippen LogP contribution in [-0.2, 0) is 4.79 Å². The smallest absolute Gasteiger partial charge is 0.317 e. The van der Waals surface area contributed by atoms with Gasteiger partial charge in [-0.3, -0.25) is 9.69 Å². The van der Waals surface area contributed by atoms with Crippen molar-refractivity contribution in [2.24, 2.45) is 0 Å². The Hall–Kier alpha value is -1.29. The molecule has 1 aromatic rings. The molecule has 0 aliphatic heterocycles. The Bertz CT molecular complexity index is 268. The van der Waals surface area contributed by atoms with Gasteiger partial charge in [0, 0.05) is 0 Å². The van der Waals surface area contributed by atoms with E-state index in [-0.39, 0.29) is 12.6 Å². The van der Waals surface area contributed by atoms with Crippen molar-refractivity contribution in [1.29, 1.82) is 0 Å². The second kappa shape index (κ2) is 4.09. The van der Waals surface area contributed by atoms with E-state index in [1.54, 1.807) is 24.3 Å². The molecule has 4 nitrogen and oxygen atoms in total. The molecule has 72 valence electrons. The van der Waals surface area contributed by atoms with Crippen LogP contribution in [0, 0.1) is 0 Å². The van der Waals surface area contributed by atoms with Crippen LogP contribution < -0.4 is 0 Å². The van der Waals surface area contributed by atoms with Crippen molar-refractivity contribution in [2.45, 2.75) is 13.0 Å². The topological polar surface area (TPSA) is 53.7 Å². The van der Waals surface area contributed by atoms with E-state index >= 15 is 0 Å². The second-order valence-corrected chi connectivity index (χ2v) is 3.00. The maximum absolute atomic E-state index is 10.4. The zero-order valence-corrected chi connectivity index (χ0v) is 7.73. The fraction of sp³-hybridized carbons (Fsp3) is 0.444. The molecule has 4 heteroatoms. The number of carboxylic acids is 1. The molecule has 0 aliphatic rings. The third kappa shape index (κ3) is 2.59. The molecule has 1 heterocycles. The largest absolute Gasteiger partial charge is 0.480 e. The Balaban J connectivity index is 2.57. The lowest BCUT2D eigenvalue weighted by Gasteiger charge is -2.20. The molecule has 0 aliphatic carbocycles. The number of carbonyl (C=O) groups is 1. The average molecular weight is 183 g/mol. The first-order valence-corrected chi connectivity index (χ1v) is 4.06. The van der Waals surface area contributed by atoms with Gasteiger partial charge in [0.25, 0.3) is 0 Å². The van der Waals surface area contributed by atoms with Gasteiger partial charge >= 0.3 is 5.97 Å². The number of likely N-dealkylation sites (N-methyl/N-ethyl adjacent to an activating group) is 1. The van der Waals surface area contributed by atoms with E-state index < -0.39 is 5.97 Å². The van der Waals surface area contributed by atoms with Gasteiger partial charge in [0.05, 0.1) is 18.8 Å². The highest BCUT2D eigenvalue weighted by Gasteiger charge is 2.15. The van der Waals surface area contributed by atoms with Crippen LogP contribution >= 0.6 is 0 Å². The third-order valence-electron chi connectivity index (χ3n) is 2.00. The van der Waals surface area contributed by atoms with Crippen molar-refractivity contribution in [3.05, 3.63) is 24.2 Å². The minimum absolute atomic E-state index is 0.00824. The van der Waals surface area contributed by atoms with E-state index in [4.69, 9.17) is 9.52 Å². The Morgan fingerprint density at radius 3 is 2.92 bits per heavy atom. The van der Waals surface area contributed by atoms with E-state index in [0.717, 1.165) is 5.76 Å². The number of furan rings is 1. The number of hydrogen-bond acceptors (Lipinski definition) is 3. The van der Waals surface area contributed by atoms with Gasteiger partial charge in [-0.1, -0.05) is 0 Å². The Kier molecular flexibility index (Phi) is 3.08. The standard InChI is InChI=1S/C9H13NO3/c1-7(8-4-3-5-13-8)10(2)6-9(11)12/h3-5,7H,6H2,1-2H3,(H,11,12). The summed E-state index contributed by atoms with van der Waals surface area (Å²) < 4.78 is 5.16. The first kappa shape index (κ1) is 9.80. The van der Waals surface area contributed by atoms with Crippen LogP contribution in [0.4, 0.5) is 0 Å². The predicted octanol–water partition coefficient (Wildman–Crippen LogP) is 1.36. The number of hydrogen-bond donors (Lipinski definition) is 1. The molecular formula is C9H13NO3. The van der Waals surface area contributed by atoms with Gasteiger partial charge in [0.2, 0.25) is 0 Å². The molecule has 0 saturated carbocycles. The van der Waals surface area contributed by atoms with Crippen molar-refractivity contribution in [3.8, 4) is 0 Å². The molecule has 1 aromatic heterocycles. The van der Waals surface area contributed by atoms with E-state index in [0.29, 0.717) is 0 Å². The first-order chi connectivity index (χ1) is 6.11. The van der Waals surface area contributed by atoms with Crippen LogP contribution in [0.25, 0.3) is 0 Å². The molecule has 0 fully saturated rings. The summed E-state index contributed by atoms with van der Waals surface area (Å²) in [6.07, 6.45) is 1.58. The van der Waals surface area contributed by atoms with Gasteiger partial charge in [0.1, 0.15) is 5.76 Å². The van der Waals surface area contributed by atoms with E-state index in [1.807, 2.05) is 13.0 Å². The van der Waals surface area contributed by atoms with Crippen LogP contribution in [0.2, 0.25) is 0 Å². The maximum Gasteiger partial charge on any atom is 0.317 e. The highest BCUT2D eigenvalue weighted by atomic mass is 16.4. The van der Waals surface area contributed by atoms with Gasteiger partial charge in [-0.15, -0.1) is 0 Å². The number of aliphatic carboxylic acids is 1. The summed E-state index contributed by atoms with van der Waals surface area (Å²) in [6, 6.07) is 3.62. The van der Waals surface area contributed by atoms with Gasteiger partial charge in [0.15, 0.2) is 0 Å². The van der Waals surface area contributed by atoms with Crippen molar-refractivity contribution in [3.63, 3.8) is 0 Å². The van der Waals surface area contributed by atoms with Crippen molar-refractivity contribution < 1.29 is 14.3 Å². The van der Waals surface area contributed by atoms with Gasteiger partial charge < -0.3 is 9.52 Å². The molecule has 0 spiro atoms. The molecule has 1 rings (SSSR count). The Morgan fingerprint density at radius 1 is 1.77 bits per heavy atom. The summed E-state index contributed by atoms with van der Waals surface area (Å²) in [5, 5.41) is 8.56. The Morgan fingerprint density at radius 2 is 2.46 bits per heavy atom. The molecule has 0 amide bonds. The molecule has 1 N–H and O–H groups in total. The zero-order chi connectivity index (χ0) is 9.84. The molecule has 0 saturated heterocycles. The van der Waals surface area contributed by atoms with E-state index in [2.05, 4.69) is 0 Å². The number of carboxylic acid groups (broad SMARTS) is 1. The van der Waals surface area contributed by atoms with Gasteiger partial charge in [-0.05, 0) is 26.1 Å². The van der Waals surface area contributed by atoms with Gasteiger partial charge in [-0.25, -0.2) is 0 Å². The summed E-state index contributed by atoms with van der Waals surface area (Å²) >= 11 is 0. The lowest BCUT2D eigenvalue weighted by atomic mass is 10.2. The van der Waals surface area contributed by atoms with Crippen LogP contribution in [-0.4, -0.2) is 29.6 Å². The van der Waals surface area contributed by atoms with Crippen LogP contribution in [0.5, 0.6) is 0 Å². The monoisotopic (exact) mass is 183 g/mol. The highest BCUT2D eigenvalue weighted by Crippen LogP contribution is 2.17. The minimum atomic E-state index is -0.832. The summed E-state index contributed by atoms with van der Waals surface area (Å²) in [5.74, 6) is -0.0512. The quantitative estimate of drug-likeness (QED) is 0.765. The predicted molar refractivity (Wildman–Crippen MR) is 47.4 cm³/mol. The normalized spacial score (nSPS) is 13.2. The van der Waals surface area contributed by atoms with E-state index in [1.165, 1.54) is 0 Å². The number of nitrogens with zero attached hydrogens (tertiary/aromatic N) is 1. The SMILES string of the molecule is CC(c1ccco1)N(C)CC(=O)O. The fourth-order valence-corrected chi connectivity index (χ4v) is 1.10. The molecule has 1 atom stereocenters. The maximum atomic E-state index is 10.4. The fourth-order valence-electron chi connectivity index (χ4n) is 1.10. The Labute approximate surface area is 76.8 Å². The minimum Gasteiger partial charge on any atom is -0.480 e. The second-order valence-electron chi connectivity index (χ2n) is 3.00. The molecule has 0 radical (unpaired) electrons. The summed E-state index contributed by atoms with van der Waals surface area (Å²) in [6.45, 7) is 1.92. The molecule has 1 unspecified atom stereocenters. The highest BCUT2D eigenvalue weighted by molar-refractivity contribution is 5.69. The van der Waals surface area contributed by atoms with Crippen molar-refractivity contribution >= 4 is 5.97 Å². The lowest BCUT2D eigenvalue weighted by molar-refractivity contribution is -0.138. The third-order valence-corrected chi connectivity index (χ3v) is 2.00. The van der Waals surface area contributed by atoms with Crippen molar-refractivity contribution in [2.75, 3.05) is 13.6 Å². The average Bonchev–Trinajstić information content (AvgIpc) is 2.53. The molecule has 13 heavy (non-hydrogen) atoms. The summed E-state index contributed by atoms with van der Waals surface area (Å²) in [7, 11) is 1.75. The van der Waals surface area contributed by atoms with Crippen LogP contribution in [0.3, 0.4) is 0 Å². The number of rotatable bonds is 4. The molecule has 0 bridgehead atoms. The molecule has 0 aromatic carbocycles. The van der Waals surface area contributed by atoms with Gasteiger partial charge in [-0.2, -0.15) is 0 Å². The lowest BCUT2D eigenvalue weighted by Crippen LogP contribution is -2.28. The summed E-state index contributed by atoms with van der Waals surface area (Å²) in [4.78, 5) is 12.1. The van der Waals surface area contributed by atoms with Crippen LogP contribution in [0.15, 0.2) is 22.8 Å². The molecular weight excluding hydrogens is 170 g/mol. The van der Waals surface area contributed by atoms with Crippen molar-refractivity contribution in [1.82, 2.24) is 4.90 Å². The first-order valence-electron chi connectivity index (χ1n) is 4.06. The van der Waals surface area contributed by atoms with Crippen LogP contribution in [0.1, 0.15) is 18.7 Å².